The Labute approximate surface area is 160 Å². The third-order valence-corrected chi connectivity index (χ3v) is 7.93. The van der Waals surface area contributed by atoms with Crippen molar-refractivity contribution < 1.29 is 8.60 Å². The van der Waals surface area contributed by atoms with E-state index in [0.717, 1.165) is 4.88 Å². The second kappa shape index (κ2) is 6.27. The topological polar surface area (TPSA) is 82.5 Å². The zero-order valence-electron chi connectivity index (χ0n) is 14.1. The smallest absolute Gasteiger partial charge is 0.203 e. The van der Waals surface area contributed by atoms with Crippen LogP contribution in [0.3, 0.4) is 0 Å². The first-order valence-corrected chi connectivity index (χ1v) is 10.6. The van der Waals surface area contributed by atoms with Crippen LogP contribution in [0.5, 0.6) is 0 Å². The van der Waals surface area contributed by atoms with E-state index in [1.807, 2.05) is 12.1 Å². The van der Waals surface area contributed by atoms with E-state index in [1.54, 1.807) is 20.0 Å². The molecule has 1 aromatic carbocycles. The van der Waals surface area contributed by atoms with Gasteiger partial charge in [-0.15, -0.1) is 11.3 Å². The quantitative estimate of drug-likeness (QED) is 0.772. The van der Waals surface area contributed by atoms with Gasteiger partial charge in [0, 0.05) is 17.5 Å². The van der Waals surface area contributed by atoms with Crippen molar-refractivity contribution in [3.63, 3.8) is 0 Å². The normalized spacial score (nSPS) is 25.7. The first-order chi connectivity index (χ1) is 12.1. The van der Waals surface area contributed by atoms with E-state index >= 15 is 0 Å². The molecule has 9 heteroatoms. The maximum absolute atomic E-state index is 13.6. The summed E-state index contributed by atoms with van der Waals surface area (Å²) in [7, 11) is -1.03. The Balaban J connectivity index is 2.11. The Morgan fingerprint density at radius 3 is 2.85 bits per heavy atom. The predicted octanol–water partition coefficient (Wildman–Crippen LogP) is 3.19. The van der Waals surface area contributed by atoms with E-state index in [-0.39, 0.29) is 17.3 Å². The molecule has 0 aliphatic carbocycles. The number of halogens is 2. The van der Waals surface area contributed by atoms with Gasteiger partial charge in [0.25, 0.3) is 0 Å². The van der Waals surface area contributed by atoms with Gasteiger partial charge in [-0.25, -0.2) is 13.6 Å². The number of hydrogen-bond donors (Lipinski definition) is 1. The van der Waals surface area contributed by atoms with Crippen LogP contribution >= 0.6 is 22.9 Å². The van der Waals surface area contributed by atoms with Crippen LogP contribution in [0.4, 0.5) is 4.39 Å². The number of nitrogens with zero attached hydrogens (tertiary/aromatic N) is 3. The molecule has 2 aromatic rings. The highest BCUT2D eigenvalue weighted by Gasteiger charge is 2.39. The molecule has 0 saturated heterocycles. The largest absolute Gasteiger partial charge is 0.369 e. The lowest BCUT2D eigenvalue weighted by Gasteiger charge is -2.37. The summed E-state index contributed by atoms with van der Waals surface area (Å²) >= 11 is 7.73. The SMILES string of the molecule is C=S1(=O)C[C@@](C)(c2cc(-c3ccc(F)c(C#N)c3)sc2Cl)N=C(N)N1C. The summed E-state index contributed by atoms with van der Waals surface area (Å²) in [6, 6.07) is 7.95. The lowest BCUT2D eigenvalue weighted by atomic mass is 9.96. The standard InChI is InChI=1S/C17H16ClFN4OS2/c1-17(9-26(3,24)23(2)16(21)22-17)12-7-14(25-15(12)18)10-4-5-13(19)11(6-10)8-20/h4-7H,3,9H2,1-2H3,(H2,21,22)/t17-,26?/m0/s1. The fraction of sp³-hybridized carbons (Fsp3) is 0.235. The highest BCUT2D eigenvalue weighted by Crippen LogP contribution is 2.43. The van der Waals surface area contributed by atoms with Gasteiger partial charge in [-0.05, 0) is 36.6 Å². The fourth-order valence-corrected chi connectivity index (χ4v) is 6.03. The highest BCUT2D eigenvalue weighted by atomic mass is 35.5. The molecule has 3 rings (SSSR count). The van der Waals surface area contributed by atoms with Crippen molar-refractivity contribution in [2.45, 2.75) is 12.5 Å². The van der Waals surface area contributed by atoms with E-state index in [1.165, 1.54) is 27.8 Å². The van der Waals surface area contributed by atoms with Crippen LogP contribution in [0.2, 0.25) is 4.34 Å². The van der Waals surface area contributed by atoms with Crippen molar-refractivity contribution in [2.24, 2.45) is 10.7 Å². The molecule has 2 atom stereocenters. The Kier molecular flexibility index (Phi) is 4.51. The molecule has 1 unspecified atom stereocenters. The van der Waals surface area contributed by atoms with Gasteiger partial charge in [0.15, 0.2) is 0 Å². The van der Waals surface area contributed by atoms with Gasteiger partial charge in [-0.2, -0.15) is 5.26 Å². The molecule has 26 heavy (non-hydrogen) atoms. The van der Waals surface area contributed by atoms with Crippen LogP contribution in [0.15, 0.2) is 29.3 Å². The number of nitrogens with two attached hydrogens (primary N) is 1. The summed E-state index contributed by atoms with van der Waals surface area (Å²) in [5.74, 6) is 3.51. The van der Waals surface area contributed by atoms with Gasteiger partial charge in [0.05, 0.1) is 25.4 Å². The Hall–Kier alpha value is -2.08. The van der Waals surface area contributed by atoms with E-state index in [9.17, 15) is 8.60 Å². The summed E-state index contributed by atoms with van der Waals surface area (Å²) < 4.78 is 28.2. The minimum absolute atomic E-state index is 0.0397. The van der Waals surface area contributed by atoms with Crippen molar-refractivity contribution in [3.05, 3.63) is 45.5 Å². The first-order valence-electron chi connectivity index (χ1n) is 7.51. The molecule has 0 radical (unpaired) electrons. The molecule has 0 saturated carbocycles. The number of rotatable bonds is 2. The number of aliphatic imine (C=N–C) groups is 1. The summed E-state index contributed by atoms with van der Waals surface area (Å²) in [6.07, 6.45) is 0. The average Bonchev–Trinajstić information content (AvgIpc) is 2.95. The second-order valence-electron chi connectivity index (χ2n) is 6.26. The van der Waals surface area contributed by atoms with Crippen LogP contribution < -0.4 is 5.73 Å². The Morgan fingerprint density at radius 1 is 1.54 bits per heavy atom. The number of thiophene rings is 1. The van der Waals surface area contributed by atoms with Crippen LogP contribution in [0.1, 0.15) is 18.1 Å². The van der Waals surface area contributed by atoms with Crippen molar-refractivity contribution in [2.75, 3.05) is 12.8 Å². The molecular formula is C17H16ClFN4OS2. The molecule has 0 fully saturated rings. The molecule has 2 N–H and O–H groups in total. The maximum Gasteiger partial charge on any atom is 0.203 e. The molecular weight excluding hydrogens is 395 g/mol. The first kappa shape index (κ1) is 18.7. The summed E-state index contributed by atoms with van der Waals surface area (Å²) in [5, 5.41) is 9.02. The number of nitriles is 1. The van der Waals surface area contributed by atoms with Gasteiger partial charge in [-0.3, -0.25) is 4.31 Å². The Bertz CT molecular complexity index is 1070. The third-order valence-electron chi connectivity index (χ3n) is 4.33. The number of hydrogen-bond acceptors (Lipinski definition) is 5. The minimum atomic E-state index is -2.62. The van der Waals surface area contributed by atoms with E-state index in [2.05, 4.69) is 10.9 Å². The predicted molar refractivity (Wildman–Crippen MR) is 106 cm³/mol. The third kappa shape index (κ3) is 3.07. The van der Waals surface area contributed by atoms with Gasteiger partial charge < -0.3 is 5.73 Å². The molecule has 0 bridgehead atoms. The lowest BCUT2D eigenvalue weighted by molar-refractivity contribution is 0.515. The van der Waals surface area contributed by atoms with Crippen LogP contribution in [-0.2, 0) is 15.2 Å². The van der Waals surface area contributed by atoms with E-state index in [0.29, 0.717) is 15.5 Å². The molecule has 0 spiro atoms. The highest BCUT2D eigenvalue weighted by molar-refractivity contribution is 7.98. The molecule has 0 amide bonds. The lowest BCUT2D eigenvalue weighted by Crippen LogP contribution is -2.50. The molecule has 1 aromatic heterocycles. The maximum atomic E-state index is 13.6. The number of benzene rings is 1. The van der Waals surface area contributed by atoms with Crippen LogP contribution in [0.25, 0.3) is 10.4 Å². The van der Waals surface area contributed by atoms with Crippen molar-refractivity contribution in [1.29, 1.82) is 5.26 Å². The van der Waals surface area contributed by atoms with Crippen LogP contribution in [0, 0.1) is 17.1 Å². The monoisotopic (exact) mass is 410 g/mol. The van der Waals surface area contributed by atoms with Gasteiger partial charge in [-0.1, -0.05) is 17.7 Å². The summed E-state index contributed by atoms with van der Waals surface area (Å²) in [6.45, 7) is 1.81. The average molecular weight is 411 g/mol. The molecule has 1 aliphatic rings. The van der Waals surface area contributed by atoms with Crippen molar-refractivity contribution in [1.82, 2.24) is 4.31 Å². The summed E-state index contributed by atoms with van der Waals surface area (Å²) in [4.78, 5) is 5.24. The van der Waals surface area contributed by atoms with E-state index in [4.69, 9.17) is 22.6 Å². The van der Waals surface area contributed by atoms with Gasteiger partial charge in [0.1, 0.15) is 17.4 Å². The van der Waals surface area contributed by atoms with E-state index < -0.39 is 21.1 Å². The molecule has 136 valence electrons. The van der Waals surface area contributed by atoms with Crippen molar-refractivity contribution in [3.8, 4) is 16.5 Å². The van der Waals surface area contributed by atoms with Gasteiger partial charge in [0.2, 0.25) is 5.96 Å². The fourth-order valence-electron chi connectivity index (χ4n) is 2.84. The molecule has 2 heterocycles. The zero-order chi connectivity index (χ0) is 19.3. The molecule has 5 nitrogen and oxygen atoms in total. The molecule has 1 aliphatic heterocycles. The van der Waals surface area contributed by atoms with Crippen molar-refractivity contribution >= 4 is 44.5 Å². The number of guanidine groups is 1. The zero-order valence-corrected chi connectivity index (χ0v) is 16.5. The Morgan fingerprint density at radius 2 is 2.23 bits per heavy atom. The second-order valence-corrected chi connectivity index (χ2v) is 10.3. The minimum Gasteiger partial charge on any atom is -0.369 e. The van der Waals surface area contributed by atoms with Gasteiger partial charge >= 0.3 is 0 Å². The summed E-state index contributed by atoms with van der Waals surface area (Å²) in [5.41, 5.74) is 6.35. The van der Waals surface area contributed by atoms with Crippen LogP contribution in [-0.4, -0.2) is 33.1 Å².